The first kappa shape index (κ1) is 28.1. The van der Waals surface area contributed by atoms with Crippen LogP contribution in [0, 0.1) is 11.8 Å². The standard InChI is InChI=1S/C27H39Cl2N5O4/c1-30-33-25-17-13-20(15-8-6-4-2-3-5-7-9-15)34(26(17)32-14-31-25)27-23(37)22(36)24(38-27)21(35)16-10-11-18(28)19(29)12-16/h10-12,14-15,17,20-24,26-27,30,35-37H,2-9,13H2,1H3,(H,31,32,33)/t17?,20?,21-,22+,23-,24-,26?,27-/m1/s1. The number of hydrogen-bond acceptors (Lipinski definition) is 8. The molecule has 1 saturated carbocycles. The number of aliphatic hydroxyl groups is 3. The zero-order chi connectivity index (χ0) is 26.8. The number of likely N-dealkylation sites (tertiary alicyclic amines) is 1. The average Bonchev–Trinajstić information content (AvgIpc) is 3.47. The van der Waals surface area contributed by atoms with Crippen molar-refractivity contribution in [3.05, 3.63) is 33.8 Å². The van der Waals surface area contributed by atoms with Crippen LogP contribution in [0.15, 0.2) is 28.3 Å². The normalized spacial score (nSPS) is 36.8. The highest BCUT2D eigenvalue weighted by Crippen LogP contribution is 2.44. The molecule has 3 heterocycles. The van der Waals surface area contributed by atoms with Crippen molar-refractivity contribution in [1.82, 2.24) is 15.6 Å². The van der Waals surface area contributed by atoms with Gasteiger partial charge < -0.3 is 30.8 Å². The van der Waals surface area contributed by atoms with Crippen LogP contribution in [0.25, 0.3) is 0 Å². The van der Waals surface area contributed by atoms with Gasteiger partial charge in [0.2, 0.25) is 0 Å². The van der Waals surface area contributed by atoms with E-state index in [1.54, 1.807) is 31.6 Å². The van der Waals surface area contributed by atoms with Gasteiger partial charge in [-0.25, -0.2) is 4.99 Å². The van der Waals surface area contributed by atoms with Crippen molar-refractivity contribution in [3.63, 3.8) is 0 Å². The van der Waals surface area contributed by atoms with Crippen LogP contribution in [0.2, 0.25) is 10.0 Å². The van der Waals surface area contributed by atoms with Gasteiger partial charge in [-0.3, -0.25) is 4.90 Å². The molecule has 11 heteroatoms. The van der Waals surface area contributed by atoms with Gasteiger partial charge in [0.25, 0.3) is 0 Å². The fraction of sp³-hybridized carbons (Fsp3) is 0.704. The lowest BCUT2D eigenvalue weighted by atomic mass is 9.86. The van der Waals surface area contributed by atoms with Crippen LogP contribution in [-0.4, -0.2) is 76.2 Å². The topological polar surface area (TPSA) is 122 Å². The number of hydrazone groups is 1. The van der Waals surface area contributed by atoms with Gasteiger partial charge in [0.15, 0.2) is 5.84 Å². The lowest BCUT2D eigenvalue weighted by Gasteiger charge is -2.40. The number of halogens is 2. The highest BCUT2D eigenvalue weighted by atomic mass is 35.5. The van der Waals surface area contributed by atoms with Crippen molar-refractivity contribution >= 4 is 35.4 Å². The summed E-state index contributed by atoms with van der Waals surface area (Å²) in [6, 6.07) is 4.92. The van der Waals surface area contributed by atoms with Crippen molar-refractivity contribution in [2.45, 2.75) is 101 Å². The molecule has 3 fully saturated rings. The summed E-state index contributed by atoms with van der Waals surface area (Å²) in [4.78, 5) is 6.69. The summed E-state index contributed by atoms with van der Waals surface area (Å²) in [5, 5.41) is 42.1. The Morgan fingerprint density at radius 1 is 1.08 bits per heavy atom. The molecule has 0 bridgehead atoms. The van der Waals surface area contributed by atoms with E-state index in [0.29, 0.717) is 27.4 Å². The van der Waals surface area contributed by atoms with Crippen LogP contribution in [0.5, 0.6) is 0 Å². The summed E-state index contributed by atoms with van der Waals surface area (Å²) in [5.41, 5.74) is 3.34. The molecule has 8 atom stereocenters. The molecule has 3 aliphatic heterocycles. The molecule has 0 radical (unpaired) electrons. The van der Waals surface area contributed by atoms with Crippen LogP contribution in [0.1, 0.15) is 69.5 Å². The smallest absolute Gasteiger partial charge is 0.156 e. The maximum atomic E-state index is 11.3. The van der Waals surface area contributed by atoms with Gasteiger partial charge in [-0.1, -0.05) is 67.8 Å². The molecule has 2 saturated heterocycles. The number of amidine groups is 1. The van der Waals surface area contributed by atoms with Crippen molar-refractivity contribution < 1.29 is 20.1 Å². The molecule has 0 amide bonds. The Balaban J connectivity index is 1.44. The third-order valence-electron chi connectivity index (χ3n) is 8.69. The van der Waals surface area contributed by atoms with Crippen LogP contribution in [0.4, 0.5) is 0 Å². The van der Waals surface area contributed by atoms with E-state index >= 15 is 0 Å². The van der Waals surface area contributed by atoms with Crippen molar-refractivity contribution in [2.75, 3.05) is 7.05 Å². The number of hydrogen-bond donors (Lipinski definition) is 5. The summed E-state index contributed by atoms with van der Waals surface area (Å²) < 4.78 is 6.36. The van der Waals surface area contributed by atoms with Crippen LogP contribution in [-0.2, 0) is 4.74 Å². The Morgan fingerprint density at radius 2 is 1.79 bits per heavy atom. The first-order valence-corrected chi connectivity index (χ1v) is 14.6. The van der Waals surface area contributed by atoms with Gasteiger partial charge in [-0.05, 0) is 42.9 Å². The summed E-state index contributed by atoms with van der Waals surface area (Å²) in [6.45, 7) is 0. The first-order valence-electron chi connectivity index (χ1n) is 13.9. The maximum Gasteiger partial charge on any atom is 0.156 e. The van der Waals surface area contributed by atoms with Crippen LogP contribution >= 0.6 is 23.2 Å². The van der Waals surface area contributed by atoms with Crippen molar-refractivity contribution in [1.29, 1.82) is 0 Å². The highest BCUT2D eigenvalue weighted by Gasteiger charge is 2.57. The molecule has 0 spiro atoms. The summed E-state index contributed by atoms with van der Waals surface area (Å²) in [6.07, 6.45) is 6.37. The largest absolute Gasteiger partial charge is 0.387 e. The number of benzene rings is 1. The molecule has 1 aromatic rings. The summed E-state index contributed by atoms with van der Waals surface area (Å²) in [5.74, 6) is 1.13. The molecular weight excluding hydrogens is 529 g/mol. The minimum Gasteiger partial charge on any atom is -0.387 e. The second-order valence-corrected chi connectivity index (χ2v) is 11.8. The lowest BCUT2D eigenvalue weighted by molar-refractivity contribution is -0.139. The van der Waals surface area contributed by atoms with Crippen LogP contribution < -0.4 is 10.7 Å². The highest BCUT2D eigenvalue weighted by molar-refractivity contribution is 6.42. The predicted molar refractivity (Wildman–Crippen MR) is 148 cm³/mol. The van der Waals surface area contributed by atoms with Gasteiger partial charge in [0.05, 0.1) is 28.5 Å². The van der Waals surface area contributed by atoms with Gasteiger partial charge in [0.1, 0.15) is 30.6 Å². The minimum atomic E-state index is -1.28. The second kappa shape index (κ2) is 12.4. The third-order valence-corrected chi connectivity index (χ3v) is 9.43. The molecule has 3 unspecified atom stereocenters. The van der Waals surface area contributed by atoms with Gasteiger partial charge in [-0.15, -0.1) is 0 Å². The zero-order valence-corrected chi connectivity index (χ0v) is 23.2. The van der Waals surface area contributed by atoms with E-state index in [-0.39, 0.29) is 18.1 Å². The Morgan fingerprint density at radius 3 is 2.47 bits per heavy atom. The van der Waals surface area contributed by atoms with Gasteiger partial charge >= 0.3 is 0 Å². The molecule has 0 aromatic heterocycles. The molecule has 9 nitrogen and oxygen atoms in total. The Bertz CT molecular complexity index is 1020. The fourth-order valence-electron chi connectivity index (χ4n) is 6.79. The van der Waals surface area contributed by atoms with Crippen molar-refractivity contribution in [2.24, 2.45) is 21.9 Å². The number of fused-ring (bicyclic) bond motifs is 1. The number of aliphatic imine (C=N–C) groups is 1. The fourth-order valence-corrected chi connectivity index (χ4v) is 7.09. The first-order chi connectivity index (χ1) is 18.4. The molecule has 5 rings (SSSR count). The van der Waals surface area contributed by atoms with E-state index in [1.807, 2.05) is 0 Å². The monoisotopic (exact) mass is 567 g/mol. The van der Waals surface area contributed by atoms with E-state index in [4.69, 9.17) is 27.9 Å². The van der Waals surface area contributed by atoms with Crippen molar-refractivity contribution in [3.8, 4) is 0 Å². The third kappa shape index (κ3) is 5.57. The summed E-state index contributed by atoms with van der Waals surface area (Å²) in [7, 11) is 1.76. The number of nitrogens with one attached hydrogen (secondary N) is 2. The molecule has 5 N–H and O–H groups in total. The molecule has 210 valence electrons. The molecule has 1 aromatic carbocycles. The molecule has 1 aliphatic carbocycles. The minimum absolute atomic E-state index is 0.00272. The Hall–Kier alpha value is -1.46. The summed E-state index contributed by atoms with van der Waals surface area (Å²) >= 11 is 12.2. The zero-order valence-electron chi connectivity index (χ0n) is 21.7. The maximum absolute atomic E-state index is 11.3. The van der Waals surface area contributed by atoms with Gasteiger partial charge in [0, 0.05) is 13.1 Å². The van der Waals surface area contributed by atoms with E-state index in [1.165, 1.54) is 38.5 Å². The number of ether oxygens (including phenoxy) is 1. The van der Waals surface area contributed by atoms with E-state index < -0.39 is 30.6 Å². The Kier molecular flexibility index (Phi) is 9.14. The number of nitrogens with zero attached hydrogens (tertiary/aromatic N) is 3. The molecule has 38 heavy (non-hydrogen) atoms. The Labute approximate surface area is 234 Å². The molecular formula is C27H39Cl2N5O4. The second-order valence-electron chi connectivity index (χ2n) is 11.0. The predicted octanol–water partition coefficient (Wildman–Crippen LogP) is 3.41. The van der Waals surface area contributed by atoms with E-state index in [2.05, 4.69) is 25.7 Å². The lowest BCUT2D eigenvalue weighted by Crippen LogP contribution is -2.58. The number of rotatable bonds is 5. The van der Waals surface area contributed by atoms with E-state index in [9.17, 15) is 15.3 Å². The average molecular weight is 569 g/mol. The van der Waals surface area contributed by atoms with E-state index in [0.717, 1.165) is 19.3 Å². The SMILES string of the molecule is CN/N=C1\N=CNC2C1CC(C1CCCCCCCC1)N2[C@@H]1O[C@H]([C@H](O)c2ccc(Cl)c(Cl)c2)[C@@H](O)[C@H]1O. The molecule has 4 aliphatic rings. The van der Waals surface area contributed by atoms with Gasteiger partial charge in [-0.2, -0.15) is 5.10 Å². The van der Waals surface area contributed by atoms with Crippen LogP contribution in [0.3, 0.4) is 0 Å². The number of aliphatic hydroxyl groups excluding tert-OH is 3. The quantitative estimate of drug-likeness (QED) is 0.345.